The lowest BCUT2D eigenvalue weighted by molar-refractivity contribution is -0.123. The third-order valence-corrected chi connectivity index (χ3v) is 5.54. The van der Waals surface area contributed by atoms with Crippen molar-refractivity contribution in [3.05, 3.63) is 29.8 Å². The maximum Gasteiger partial charge on any atom is 0.254 e. The van der Waals surface area contributed by atoms with E-state index in [1.165, 1.54) is 12.8 Å². The van der Waals surface area contributed by atoms with E-state index in [-0.39, 0.29) is 11.8 Å². The van der Waals surface area contributed by atoms with Crippen LogP contribution in [-0.2, 0) is 4.79 Å². The summed E-state index contributed by atoms with van der Waals surface area (Å²) in [6.45, 7) is 5.44. The van der Waals surface area contributed by atoms with Crippen LogP contribution in [0.2, 0.25) is 0 Å². The molecule has 6 nitrogen and oxygen atoms in total. The predicted octanol–water partition coefficient (Wildman–Crippen LogP) is 1.72. The normalized spacial score (nSPS) is 24.3. The Morgan fingerprint density at radius 2 is 1.81 bits per heavy atom. The number of benzene rings is 1. The molecule has 0 atom stereocenters. The minimum Gasteiger partial charge on any atom is -0.399 e. The Morgan fingerprint density at radius 1 is 1.12 bits per heavy atom. The highest BCUT2D eigenvalue weighted by atomic mass is 16.2. The van der Waals surface area contributed by atoms with Crippen LogP contribution >= 0.6 is 0 Å². The van der Waals surface area contributed by atoms with Crippen molar-refractivity contribution in [1.82, 2.24) is 15.1 Å². The van der Waals surface area contributed by atoms with Gasteiger partial charge in [-0.3, -0.25) is 14.5 Å². The number of piperazine rings is 1. The molecule has 0 bridgehead atoms. The number of nitrogens with zero attached hydrogens (tertiary/aromatic N) is 2. The molecule has 1 aliphatic heterocycles. The molecule has 3 N–H and O–H groups in total. The Bertz CT molecular complexity index is 632. The molecule has 2 fully saturated rings. The summed E-state index contributed by atoms with van der Waals surface area (Å²) in [6, 6.07) is 7.43. The fraction of sp³-hybridized carbons (Fsp3) is 0.600. The maximum absolute atomic E-state index is 12.5. The van der Waals surface area contributed by atoms with E-state index in [4.69, 9.17) is 5.73 Å². The number of carbonyl (C=O) groups is 2. The molecule has 0 radical (unpaired) electrons. The van der Waals surface area contributed by atoms with Gasteiger partial charge in [0.2, 0.25) is 5.91 Å². The number of amides is 2. The molecule has 142 valence electrons. The average Bonchev–Trinajstić information content (AvgIpc) is 2.64. The first-order valence-corrected chi connectivity index (χ1v) is 9.68. The molecule has 0 spiro atoms. The summed E-state index contributed by atoms with van der Waals surface area (Å²) in [4.78, 5) is 28.8. The van der Waals surface area contributed by atoms with E-state index in [0.717, 1.165) is 31.8 Å². The molecular weight excluding hydrogens is 328 g/mol. The van der Waals surface area contributed by atoms with Gasteiger partial charge in [0.25, 0.3) is 5.91 Å². The van der Waals surface area contributed by atoms with E-state index in [0.29, 0.717) is 36.9 Å². The van der Waals surface area contributed by atoms with Crippen molar-refractivity contribution in [2.45, 2.75) is 38.6 Å². The lowest BCUT2D eigenvalue weighted by Crippen LogP contribution is -2.52. The van der Waals surface area contributed by atoms with Crippen LogP contribution < -0.4 is 11.1 Å². The summed E-state index contributed by atoms with van der Waals surface area (Å²) in [7, 11) is 0. The fourth-order valence-corrected chi connectivity index (χ4v) is 3.84. The van der Waals surface area contributed by atoms with E-state index < -0.39 is 0 Å². The first-order chi connectivity index (χ1) is 12.5. The van der Waals surface area contributed by atoms with Crippen LogP contribution in [-0.4, -0.2) is 60.4 Å². The van der Waals surface area contributed by atoms with Gasteiger partial charge in [0, 0.05) is 43.5 Å². The third-order valence-electron chi connectivity index (χ3n) is 5.54. The van der Waals surface area contributed by atoms with Gasteiger partial charge >= 0.3 is 0 Å². The standard InChI is InChI=1S/C20H30N4O2/c1-15-5-7-18(8-6-15)22-19(25)14-23-9-11-24(12-10-23)20(26)16-3-2-4-17(21)13-16/h2-4,13,15,18H,5-12,14,21H2,1H3,(H,22,25). The Hall–Kier alpha value is -2.08. The minimum absolute atomic E-state index is 0.0118. The molecule has 1 heterocycles. The van der Waals surface area contributed by atoms with E-state index in [1.54, 1.807) is 24.3 Å². The van der Waals surface area contributed by atoms with Gasteiger partial charge in [-0.1, -0.05) is 13.0 Å². The largest absolute Gasteiger partial charge is 0.399 e. The van der Waals surface area contributed by atoms with Crippen LogP contribution in [0.15, 0.2) is 24.3 Å². The third kappa shape index (κ3) is 4.97. The minimum atomic E-state index is 0.0118. The van der Waals surface area contributed by atoms with Crippen molar-refractivity contribution in [2.24, 2.45) is 5.92 Å². The van der Waals surface area contributed by atoms with E-state index in [1.807, 2.05) is 4.90 Å². The van der Waals surface area contributed by atoms with Crippen molar-refractivity contribution in [2.75, 3.05) is 38.5 Å². The highest BCUT2D eigenvalue weighted by Gasteiger charge is 2.25. The second-order valence-corrected chi connectivity index (χ2v) is 7.72. The highest BCUT2D eigenvalue weighted by Crippen LogP contribution is 2.23. The summed E-state index contributed by atoms with van der Waals surface area (Å²) >= 11 is 0. The monoisotopic (exact) mass is 358 g/mol. The number of hydrogen-bond donors (Lipinski definition) is 2. The molecule has 3 rings (SSSR count). The van der Waals surface area contributed by atoms with E-state index in [9.17, 15) is 9.59 Å². The van der Waals surface area contributed by atoms with Gasteiger partial charge in [-0.05, 0) is 49.8 Å². The van der Waals surface area contributed by atoms with Crippen molar-refractivity contribution in [3.63, 3.8) is 0 Å². The van der Waals surface area contributed by atoms with Crippen LogP contribution in [0.5, 0.6) is 0 Å². The summed E-state index contributed by atoms with van der Waals surface area (Å²) in [5.41, 5.74) is 6.99. The van der Waals surface area contributed by atoms with Gasteiger partial charge in [-0.15, -0.1) is 0 Å². The Labute approximate surface area is 155 Å². The predicted molar refractivity (Wildman–Crippen MR) is 103 cm³/mol. The van der Waals surface area contributed by atoms with Crippen LogP contribution in [0, 0.1) is 5.92 Å². The number of nitrogens with one attached hydrogen (secondary N) is 1. The highest BCUT2D eigenvalue weighted by molar-refractivity contribution is 5.95. The fourth-order valence-electron chi connectivity index (χ4n) is 3.84. The summed E-state index contributed by atoms with van der Waals surface area (Å²) in [5, 5.41) is 3.18. The maximum atomic E-state index is 12.5. The second kappa shape index (κ2) is 8.54. The SMILES string of the molecule is CC1CCC(NC(=O)CN2CCN(C(=O)c3cccc(N)c3)CC2)CC1. The lowest BCUT2D eigenvalue weighted by Gasteiger charge is -2.35. The number of hydrogen-bond acceptors (Lipinski definition) is 4. The quantitative estimate of drug-likeness (QED) is 0.804. The summed E-state index contributed by atoms with van der Waals surface area (Å²) < 4.78 is 0. The number of nitrogen functional groups attached to an aromatic ring is 1. The Kier molecular flexibility index (Phi) is 6.14. The zero-order valence-electron chi connectivity index (χ0n) is 15.6. The van der Waals surface area contributed by atoms with Gasteiger partial charge < -0.3 is 16.0 Å². The lowest BCUT2D eigenvalue weighted by atomic mass is 9.87. The first kappa shape index (κ1) is 18.7. The summed E-state index contributed by atoms with van der Waals surface area (Å²) in [5.74, 6) is 0.909. The van der Waals surface area contributed by atoms with Crippen LogP contribution in [0.3, 0.4) is 0 Å². The second-order valence-electron chi connectivity index (χ2n) is 7.72. The number of anilines is 1. The van der Waals surface area contributed by atoms with Crippen LogP contribution in [0.1, 0.15) is 43.0 Å². The van der Waals surface area contributed by atoms with E-state index >= 15 is 0 Å². The van der Waals surface area contributed by atoms with Crippen molar-refractivity contribution >= 4 is 17.5 Å². The molecule has 2 aliphatic rings. The molecule has 0 unspecified atom stereocenters. The molecule has 1 aliphatic carbocycles. The molecule has 6 heteroatoms. The molecule has 2 amide bonds. The smallest absolute Gasteiger partial charge is 0.254 e. The van der Waals surface area contributed by atoms with Gasteiger partial charge in [0.05, 0.1) is 6.54 Å². The van der Waals surface area contributed by atoms with Gasteiger partial charge in [-0.25, -0.2) is 0 Å². The molecule has 1 saturated heterocycles. The van der Waals surface area contributed by atoms with Crippen molar-refractivity contribution in [3.8, 4) is 0 Å². The van der Waals surface area contributed by atoms with Crippen molar-refractivity contribution in [1.29, 1.82) is 0 Å². The topological polar surface area (TPSA) is 78.7 Å². The number of nitrogens with two attached hydrogens (primary N) is 1. The van der Waals surface area contributed by atoms with Gasteiger partial charge in [-0.2, -0.15) is 0 Å². The van der Waals surface area contributed by atoms with Crippen LogP contribution in [0.4, 0.5) is 5.69 Å². The van der Waals surface area contributed by atoms with Crippen LogP contribution in [0.25, 0.3) is 0 Å². The molecule has 1 saturated carbocycles. The van der Waals surface area contributed by atoms with Crippen molar-refractivity contribution < 1.29 is 9.59 Å². The average molecular weight is 358 g/mol. The van der Waals surface area contributed by atoms with Gasteiger partial charge in [0.15, 0.2) is 0 Å². The number of rotatable bonds is 4. The molecular formula is C20H30N4O2. The molecule has 1 aromatic carbocycles. The summed E-state index contributed by atoms with van der Waals surface area (Å²) in [6.07, 6.45) is 4.59. The number of carbonyl (C=O) groups excluding carboxylic acids is 2. The Balaban J connectivity index is 1.42. The Morgan fingerprint density at radius 3 is 2.46 bits per heavy atom. The molecule has 1 aromatic rings. The zero-order chi connectivity index (χ0) is 18.5. The zero-order valence-corrected chi connectivity index (χ0v) is 15.6. The molecule has 26 heavy (non-hydrogen) atoms. The van der Waals surface area contributed by atoms with E-state index in [2.05, 4.69) is 17.1 Å². The molecule has 0 aromatic heterocycles. The first-order valence-electron chi connectivity index (χ1n) is 9.68. The van der Waals surface area contributed by atoms with Gasteiger partial charge in [0.1, 0.15) is 0 Å².